The minimum Gasteiger partial charge on any atom is -0.398 e. The highest BCUT2D eigenvalue weighted by Gasteiger charge is 2.23. The van der Waals surface area contributed by atoms with Crippen molar-refractivity contribution >= 4 is 27.3 Å². The van der Waals surface area contributed by atoms with E-state index in [4.69, 9.17) is 17.3 Å². The Hall–Kier alpha value is -1.04. The molecule has 1 aliphatic rings. The van der Waals surface area contributed by atoms with E-state index in [2.05, 4.69) is 4.72 Å². The Balaban J connectivity index is 2.34. The highest BCUT2D eigenvalue weighted by molar-refractivity contribution is 7.89. The zero-order chi connectivity index (χ0) is 13.3. The van der Waals surface area contributed by atoms with E-state index >= 15 is 0 Å². The molecule has 0 aliphatic heterocycles. The van der Waals surface area contributed by atoms with Gasteiger partial charge in [-0.25, -0.2) is 13.1 Å². The van der Waals surface area contributed by atoms with Crippen molar-refractivity contribution in [2.24, 2.45) is 0 Å². The maximum atomic E-state index is 12.3. The second kappa shape index (κ2) is 4.91. The van der Waals surface area contributed by atoms with E-state index in [-0.39, 0.29) is 10.9 Å². The molecule has 0 atom stereocenters. The molecule has 2 rings (SSSR count). The van der Waals surface area contributed by atoms with Crippen LogP contribution in [0.4, 0.5) is 5.69 Å². The molecule has 4 nitrogen and oxygen atoms in total. The van der Waals surface area contributed by atoms with Gasteiger partial charge in [-0.05, 0) is 37.5 Å². The van der Waals surface area contributed by atoms with Crippen LogP contribution in [0.5, 0.6) is 0 Å². The lowest BCUT2D eigenvalue weighted by atomic mass is 10.2. The first kappa shape index (κ1) is 13.4. The van der Waals surface area contributed by atoms with E-state index in [1.165, 1.54) is 6.07 Å². The molecule has 0 amide bonds. The molecule has 3 N–H and O–H groups in total. The third-order valence-electron chi connectivity index (χ3n) is 2.98. The third-order valence-corrected chi connectivity index (χ3v) is 4.85. The molecule has 0 radical (unpaired) electrons. The Morgan fingerprint density at radius 2 is 1.94 bits per heavy atom. The lowest BCUT2D eigenvalue weighted by Crippen LogP contribution is -2.33. The molecule has 98 valence electrons. The van der Waals surface area contributed by atoms with Gasteiger partial charge in [0.1, 0.15) is 0 Å². The van der Waals surface area contributed by atoms with E-state index in [0.717, 1.165) is 0 Å². The van der Waals surface area contributed by atoms with Crippen LogP contribution in [-0.4, -0.2) is 14.5 Å². The molecular weight excluding hydrogens is 272 g/mol. The molecule has 0 saturated heterocycles. The fourth-order valence-corrected chi connectivity index (χ4v) is 3.80. The number of rotatable bonds is 3. The van der Waals surface area contributed by atoms with Crippen LogP contribution in [0.2, 0.25) is 5.02 Å². The largest absolute Gasteiger partial charge is 0.398 e. The van der Waals surface area contributed by atoms with Crippen molar-refractivity contribution in [3.05, 3.63) is 34.9 Å². The summed E-state index contributed by atoms with van der Waals surface area (Å²) in [5, 5.41) is 0.322. The van der Waals surface area contributed by atoms with Crippen LogP contribution in [0.1, 0.15) is 18.4 Å². The van der Waals surface area contributed by atoms with Crippen molar-refractivity contribution in [3.63, 3.8) is 0 Å². The number of nitrogens with two attached hydrogens (primary N) is 1. The summed E-state index contributed by atoms with van der Waals surface area (Å²) in [4.78, 5) is 0.152. The molecule has 0 spiro atoms. The average Bonchev–Trinajstić information content (AvgIpc) is 2.75. The Morgan fingerprint density at radius 1 is 1.33 bits per heavy atom. The molecule has 1 aliphatic carbocycles. The van der Waals surface area contributed by atoms with E-state index in [9.17, 15) is 8.42 Å². The first-order chi connectivity index (χ1) is 8.40. The van der Waals surface area contributed by atoms with Crippen molar-refractivity contribution in [2.45, 2.75) is 30.7 Å². The van der Waals surface area contributed by atoms with Gasteiger partial charge in [0.2, 0.25) is 10.0 Å². The van der Waals surface area contributed by atoms with Gasteiger partial charge in [0.25, 0.3) is 0 Å². The number of sulfonamides is 1. The van der Waals surface area contributed by atoms with Crippen LogP contribution in [0.25, 0.3) is 0 Å². The van der Waals surface area contributed by atoms with Crippen LogP contribution in [0, 0.1) is 6.92 Å². The quantitative estimate of drug-likeness (QED) is 0.661. The number of benzene rings is 1. The van der Waals surface area contributed by atoms with E-state index in [0.29, 0.717) is 29.1 Å². The summed E-state index contributed by atoms with van der Waals surface area (Å²) in [5.74, 6) is 0. The second-order valence-electron chi connectivity index (χ2n) is 4.38. The first-order valence-corrected chi connectivity index (χ1v) is 7.49. The zero-order valence-corrected chi connectivity index (χ0v) is 11.6. The van der Waals surface area contributed by atoms with Gasteiger partial charge in [0.05, 0.1) is 4.90 Å². The topological polar surface area (TPSA) is 72.2 Å². The fourth-order valence-electron chi connectivity index (χ4n) is 1.95. The standard InChI is InChI=1S/C12H15ClN2O2S/c1-8-11(14)6-9(13)7-12(8)18(16,17)15-10-4-2-3-5-10/h2-3,6-7,10,15H,4-5,14H2,1H3. The van der Waals surface area contributed by atoms with Gasteiger partial charge in [0.15, 0.2) is 0 Å². The van der Waals surface area contributed by atoms with Crippen LogP contribution >= 0.6 is 11.6 Å². The number of anilines is 1. The van der Waals surface area contributed by atoms with Gasteiger partial charge in [-0.15, -0.1) is 0 Å². The summed E-state index contributed by atoms with van der Waals surface area (Å²) in [6, 6.07) is 2.90. The minimum absolute atomic E-state index is 0.0744. The highest BCUT2D eigenvalue weighted by atomic mass is 35.5. The minimum atomic E-state index is -3.57. The maximum absolute atomic E-state index is 12.3. The summed E-state index contributed by atoms with van der Waals surface area (Å²) in [5.41, 5.74) is 6.64. The lowest BCUT2D eigenvalue weighted by molar-refractivity contribution is 0.557. The van der Waals surface area contributed by atoms with Gasteiger partial charge in [-0.2, -0.15) is 0 Å². The molecular formula is C12H15ClN2O2S. The predicted molar refractivity (Wildman–Crippen MR) is 73.1 cm³/mol. The average molecular weight is 287 g/mol. The smallest absolute Gasteiger partial charge is 0.241 e. The van der Waals surface area contributed by atoms with Crippen LogP contribution in [-0.2, 0) is 10.0 Å². The number of nitrogens with one attached hydrogen (secondary N) is 1. The predicted octanol–water partition coefficient (Wildman–Crippen LogP) is 2.23. The van der Waals surface area contributed by atoms with Crippen molar-refractivity contribution in [1.29, 1.82) is 0 Å². The van der Waals surface area contributed by atoms with Crippen molar-refractivity contribution in [1.82, 2.24) is 4.72 Å². The Bertz CT molecular complexity index is 588. The van der Waals surface area contributed by atoms with Gasteiger partial charge in [-0.1, -0.05) is 23.8 Å². The van der Waals surface area contributed by atoms with E-state index < -0.39 is 10.0 Å². The molecule has 0 unspecified atom stereocenters. The Morgan fingerprint density at radius 3 is 2.56 bits per heavy atom. The monoisotopic (exact) mass is 286 g/mol. The third kappa shape index (κ3) is 2.68. The normalized spacial score (nSPS) is 16.3. The molecule has 0 saturated carbocycles. The Labute approximate surface area is 112 Å². The maximum Gasteiger partial charge on any atom is 0.241 e. The molecule has 1 aromatic rings. The molecule has 1 aromatic carbocycles. The fraction of sp³-hybridized carbons (Fsp3) is 0.333. The molecule has 0 aromatic heterocycles. The van der Waals surface area contributed by atoms with Gasteiger partial charge >= 0.3 is 0 Å². The summed E-state index contributed by atoms with van der Waals surface area (Å²) in [7, 11) is -3.57. The molecule has 0 bridgehead atoms. The van der Waals surface area contributed by atoms with Gasteiger partial charge in [0, 0.05) is 16.8 Å². The van der Waals surface area contributed by atoms with Crippen molar-refractivity contribution < 1.29 is 8.42 Å². The number of halogens is 1. The molecule has 18 heavy (non-hydrogen) atoms. The molecule has 6 heteroatoms. The molecule has 0 fully saturated rings. The summed E-state index contributed by atoms with van der Waals surface area (Å²) >= 11 is 5.86. The summed E-state index contributed by atoms with van der Waals surface area (Å²) in [6.45, 7) is 1.67. The highest BCUT2D eigenvalue weighted by Crippen LogP contribution is 2.26. The number of hydrogen-bond donors (Lipinski definition) is 2. The van der Waals surface area contributed by atoms with Crippen molar-refractivity contribution in [3.8, 4) is 0 Å². The van der Waals surface area contributed by atoms with E-state index in [1.54, 1.807) is 13.0 Å². The van der Waals surface area contributed by atoms with Crippen molar-refractivity contribution in [2.75, 3.05) is 5.73 Å². The van der Waals surface area contributed by atoms with E-state index in [1.807, 2.05) is 12.2 Å². The zero-order valence-electron chi connectivity index (χ0n) is 9.98. The van der Waals surface area contributed by atoms with Crippen LogP contribution in [0.15, 0.2) is 29.2 Å². The number of nitrogen functional groups attached to an aromatic ring is 1. The van der Waals surface area contributed by atoms with Gasteiger partial charge < -0.3 is 5.73 Å². The van der Waals surface area contributed by atoms with Crippen LogP contribution < -0.4 is 10.5 Å². The molecule has 0 heterocycles. The first-order valence-electron chi connectivity index (χ1n) is 5.63. The Kier molecular flexibility index (Phi) is 3.66. The summed E-state index contributed by atoms with van der Waals surface area (Å²) < 4.78 is 27.2. The summed E-state index contributed by atoms with van der Waals surface area (Å²) in [6.07, 6.45) is 5.36. The van der Waals surface area contributed by atoms with Crippen LogP contribution in [0.3, 0.4) is 0 Å². The van der Waals surface area contributed by atoms with Gasteiger partial charge in [-0.3, -0.25) is 0 Å². The second-order valence-corrected chi connectivity index (χ2v) is 6.50. The number of hydrogen-bond acceptors (Lipinski definition) is 3. The SMILES string of the molecule is Cc1c(N)cc(Cl)cc1S(=O)(=O)NC1CC=CC1. The lowest BCUT2D eigenvalue weighted by Gasteiger charge is -2.15.